The number of nitrogens with one attached hydrogen (secondary N) is 2. The number of hydrogen-bond acceptors (Lipinski definition) is 6. The monoisotopic (exact) mass is 478 g/mol. The van der Waals surface area contributed by atoms with Gasteiger partial charge < -0.3 is 10.6 Å². The maximum atomic E-state index is 4.80. The van der Waals surface area contributed by atoms with Gasteiger partial charge in [-0.15, -0.1) is 11.3 Å². The standard InChI is InChI=1S/C28H22N4S2/c1-2-6-21-17-22(12-11-20(21)5-1)25-18-33-28(32-25)30-23-13-9-19(10-14-23)15-16-29-27-31-24-7-3-4-8-26(24)34-27/h1-14,17-18H,15-16H2,(H,29,31)(H,30,32). The van der Waals surface area contributed by atoms with Crippen LogP contribution in [0.25, 0.3) is 32.2 Å². The summed E-state index contributed by atoms with van der Waals surface area (Å²) in [6, 6.07) is 31.7. The fourth-order valence-corrected chi connectivity index (χ4v) is 5.58. The maximum Gasteiger partial charge on any atom is 0.187 e. The third-order valence-electron chi connectivity index (χ3n) is 5.74. The predicted molar refractivity (Wildman–Crippen MR) is 147 cm³/mol. The van der Waals surface area contributed by atoms with Crippen LogP contribution in [0.5, 0.6) is 0 Å². The molecule has 6 aromatic rings. The first-order valence-electron chi connectivity index (χ1n) is 11.2. The van der Waals surface area contributed by atoms with Gasteiger partial charge in [-0.05, 0) is 53.1 Å². The van der Waals surface area contributed by atoms with Crippen LogP contribution in [0.15, 0.2) is 96.4 Å². The van der Waals surface area contributed by atoms with Gasteiger partial charge in [0, 0.05) is 23.2 Å². The van der Waals surface area contributed by atoms with Gasteiger partial charge in [-0.2, -0.15) is 0 Å². The average molecular weight is 479 g/mol. The SMILES string of the molecule is c1ccc2cc(-c3csc(Nc4ccc(CCNc5nc6ccccc6s5)cc4)n3)ccc2c1. The number of hydrogen-bond donors (Lipinski definition) is 2. The lowest BCUT2D eigenvalue weighted by Gasteiger charge is -2.06. The number of nitrogens with zero attached hydrogens (tertiary/aromatic N) is 2. The smallest absolute Gasteiger partial charge is 0.187 e. The van der Waals surface area contributed by atoms with Crippen LogP contribution in [0.1, 0.15) is 5.56 Å². The number of anilines is 3. The Kier molecular flexibility index (Phi) is 5.67. The zero-order valence-corrected chi connectivity index (χ0v) is 20.0. The van der Waals surface area contributed by atoms with Gasteiger partial charge in [0.1, 0.15) is 0 Å². The molecular formula is C28H22N4S2. The average Bonchev–Trinajstić information content (AvgIpc) is 3.51. The number of para-hydroxylation sites is 1. The highest BCUT2D eigenvalue weighted by atomic mass is 32.1. The van der Waals surface area contributed by atoms with Crippen LogP contribution in [0.3, 0.4) is 0 Å². The second-order valence-electron chi connectivity index (χ2n) is 8.09. The lowest BCUT2D eigenvalue weighted by Crippen LogP contribution is -2.04. The van der Waals surface area contributed by atoms with E-state index in [2.05, 4.69) is 106 Å². The molecule has 0 aliphatic heterocycles. The number of fused-ring (bicyclic) bond motifs is 2. The summed E-state index contributed by atoms with van der Waals surface area (Å²) < 4.78 is 1.21. The maximum absolute atomic E-state index is 4.80. The number of rotatable bonds is 7. The van der Waals surface area contributed by atoms with Crippen molar-refractivity contribution >= 4 is 59.6 Å². The molecule has 0 unspecified atom stereocenters. The van der Waals surface area contributed by atoms with Gasteiger partial charge in [-0.3, -0.25) is 0 Å². The van der Waals surface area contributed by atoms with Crippen LogP contribution in [0.4, 0.5) is 16.0 Å². The predicted octanol–water partition coefficient (Wildman–Crippen LogP) is 7.97. The minimum atomic E-state index is 0.855. The molecule has 2 heterocycles. The van der Waals surface area contributed by atoms with E-state index in [4.69, 9.17) is 4.98 Å². The number of aromatic nitrogens is 2. The first kappa shape index (κ1) is 20.8. The van der Waals surface area contributed by atoms with Gasteiger partial charge in [0.25, 0.3) is 0 Å². The second kappa shape index (κ2) is 9.25. The summed E-state index contributed by atoms with van der Waals surface area (Å²) in [6.07, 6.45) is 0.944. The van der Waals surface area contributed by atoms with Crippen molar-refractivity contribution in [2.75, 3.05) is 17.2 Å². The Bertz CT molecular complexity index is 1530. The van der Waals surface area contributed by atoms with E-state index < -0.39 is 0 Å². The molecule has 0 saturated heterocycles. The number of benzene rings is 4. The minimum Gasteiger partial charge on any atom is -0.361 e. The van der Waals surface area contributed by atoms with Crippen molar-refractivity contribution in [3.05, 3.63) is 102 Å². The molecule has 6 heteroatoms. The van der Waals surface area contributed by atoms with E-state index >= 15 is 0 Å². The van der Waals surface area contributed by atoms with Crippen LogP contribution in [0.2, 0.25) is 0 Å². The Hall–Kier alpha value is -3.74. The summed E-state index contributed by atoms with van der Waals surface area (Å²) in [5.74, 6) is 0. The minimum absolute atomic E-state index is 0.855. The van der Waals surface area contributed by atoms with E-state index in [0.29, 0.717) is 0 Å². The number of thiazole rings is 2. The molecule has 34 heavy (non-hydrogen) atoms. The van der Waals surface area contributed by atoms with E-state index in [9.17, 15) is 0 Å². The molecule has 2 aromatic heterocycles. The molecular weight excluding hydrogens is 456 g/mol. The van der Waals surface area contributed by atoms with Crippen LogP contribution in [-0.4, -0.2) is 16.5 Å². The summed E-state index contributed by atoms with van der Waals surface area (Å²) in [6.45, 7) is 0.855. The molecule has 0 atom stereocenters. The van der Waals surface area contributed by atoms with Crippen molar-refractivity contribution < 1.29 is 0 Å². The molecule has 2 N–H and O–H groups in total. The molecule has 0 spiro atoms. The van der Waals surface area contributed by atoms with Crippen LogP contribution < -0.4 is 10.6 Å². The van der Waals surface area contributed by atoms with E-state index in [1.165, 1.54) is 21.0 Å². The zero-order chi connectivity index (χ0) is 22.7. The van der Waals surface area contributed by atoms with Crippen molar-refractivity contribution in [2.24, 2.45) is 0 Å². The van der Waals surface area contributed by atoms with E-state index in [0.717, 1.165) is 45.7 Å². The Morgan fingerprint density at radius 3 is 2.44 bits per heavy atom. The Labute approximate surface area is 206 Å². The molecule has 0 fully saturated rings. The molecule has 0 aliphatic rings. The van der Waals surface area contributed by atoms with Gasteiger partial charge in [0.05, 0.1) is 15.9 Å². The fraction of sp³-hybridized carbons (Fsp3) is 0.0714. The largest absolute Gasteiger partial charge is 0.361 e. The summed E-state index contributed by atoms with van der Waals surface area (Å²) in [4.78, 5) is 9.43. The molecule has 0 bridgehead atoms. The van der Waals surface area contributed by atoms with E-state index in [-0.39, 0.29) is 0 Å². The Morgan fingerprint density at radius 1 is 0.735 bits per heavy atom. The summed E-state index contributed by atoms with van der Waals surface area (Å²) in [5, 5.41) is 13.3. The summed E-state index contributed by atoms with van der Waals surface area (Å²) in [7, 11) is 0. The Balaban J connectivity index is 1.07. The normalized spacial score (nSPS) is 11.2. The van der Waals surface area contributed by atoms with Crippen LogP contribution in [0, 0.1) is 0 Å². The van der Waals surface area contributed by atoms with E-state index in [1.54, 1.807) is 22.7 Å². The van der Waals surface area contributed by atoms with E-state index in [1.807, 2.05) is 6.07 Å². The molecule has 0 saturated carbocycles. The Morgan fingerprint density at radius 2 is 1.56 bits per heavy atom. The van der Waals surface area contributed by atoms with Gasteiger partial charge in [-0.25, -0.2) is 9.97 Å². The molecule has 4 aromatic carbocycles. The summed E-state index contributed by atoms with van der Waals surface area (Å²) in [5.41, 5.74) is 5.52. The lowest BCUT2D eigenvalue weighted by atomic mass is 10.1. The van der Waals surface area contributed by atoms with Crippen LogP contribution in [-0.2, 0) is 6.42 Å². The molecule has 4 nitrogen and oxygen atoms in total. The van der Waals surface area contributed by atoms with Gasteiger partial charge in [-0.1, -0.05) is 72.0 Å². The lowest BCUT2D eigenvalue weighted by molar-refractivity contribution is 1.02. The molecule has 0 amide bonds. The highest BCUT2D eigenvalue weighted by molar-refractivity contribution is 7.22. The first-order chi connectivity index (χ1) is 16.8. The van der Waals surface area contributed by atoms with Crippen molar-refractivity contribution in [1.29, 1.82) is 0 Å². The molecule has 0 aliphatic carbocycles. The fourth-order valence-electron chi connectivity index (χ4n) is 3.95. The third-order valence-corrected chi connectivity index (χ3v) is 7.49. The summed E-state index contributed by atoms with van der Waals surface area (Å²) >= 11 is 3.32. The van der Waals surface area contributed by atoms with Gasteiger partial charge in [0.15, 0.2) is 10.3 Å². The third kappa shape index (κ3) is 4.51. The second-order valence-corrected chi connectivity index (χ2v) is 9.97. The first-order valence-corrected chi connectivity index (χ1v) is 12.9. The molecule has 0 radical (unpaired) electrons. The zero-order valence-electron chi connectivity index (χ0n) is 18.4. The van der Waals surface area contributed by atoms with Crippen molar-refractivity contribution in [1.82, 2.24) is 9.97 Å². The molecule has 166 valence electrons. The highest BCUT2D eigenvalue weighted by Gasteiger charge is 2.07. The van der Waals surface area contributed by atoms with Crippen molar-refractivity contribution in [3.8, 4) is 11.3 Å². The quantitative estimate of drug-likeness (QED) is 0.244. The molecule has 6 rings (SSSR count). The van der Waals surface area contributed by atoms with Gasteiger partial charge >= 0.3 is 0 Å². The van der Waals surface area contributed by atoms with Crippen molar-refractivity contribution in [2.45, 2.75) is 6.42 Å². The highest BCUT2D eigenvalue weighted by Crippen LogP contribution is 2.29. The topological polar surface area (TPSA) is 49.8 Å². The van der Waals surface area contributed by atoms with Crippen molar-refractivity contribution in [3.63, 3.8) is 0 Å². The van der Waals surface area contributed by atoms with Gasteiger partial charge in [0.2, 0.25) is 0 Å². The van der Waals surface area contributed by atoms with Crippen LogP contribution >= 0.6 is 22.7 Å².